The Kier molecular flexibility index (Phi) is 1.78. The molecule has 0 spiro atoms. The summed E-state index contributed by atoms with van der Waals surface area (Å²) < 4.78 is 49.7. The minimum absolute atomic E-state index is 0.371. The maximum atomic E-state index is 12.5. The predicted molar refractivity (Wildman–Crippen MR) is 32.5 cm³/mol. The van der Waals surface area contributed by atoms with E-state index in [1.807, 2.05) is 0 Å². The maximum Gasteiger partial charge on any atom is 0.275 e. The van der Waals surface area contributed by atoms with Crippen LogP contribution in [-0.2, 0) is 0 Å². The molecular weight excluding hydrogens is 160 g/mol. The molecule has 0 saturated carbocycles. The Morgan fingerprint density at radius 2 is 1.91 bits per heavy atom. The molecule has 1 aliphatic rings. The topological polar surface area (TPSA) is 0 Å². The highest BCUT2D eigenvalue weighted by molar-refractivity contribution is 5.26. The summed E-state index contributed by atoms with van der Waals surface area (Å²) in [7, 11) is 0. The fourth-order valence-electron chi connectivity index (χ4n) is 0.784. The standard InChI is InChI=1S/C7H6F4/c1-4-6(9)5(8)2-3-7(4,10)11/h2-4H,1H3. The van der Waals surface area contributed by atoms with Crippen molar-refractivity contribution in [2.24, 2.45) is 5.92 Å². The SMILES string of the molecule is CC1C(F)=C(F)C=CC1(F)F. The van der Waals surface area contributed by atoms with Crippen LogP contribution in [0.15, 0.2) is 23.8 Å². The smallest absolute Gasteiger partial charge is 0.208 e. The molecule has 0 N–H and O–H groups in total. The van der Waals surface area contributed by atoms with Gasteiger partial charge in [-0.25, -0.2) is 17.6 Å². The van der Waals surface area contributed by atoms with E-state index < -0.39 is 23.5 Å². The summed E-state index contributed by atoms with van der Waals surface area (Å²) >= 11 is 0. The second-order valence-corrected chi connectivity index (χ2v) is 2.43. The molecule has 1 unspecified atom stereocenters. The van der Waals surface area contributed by atoms with Crippen LogP contribution in [0.5, 0.6) is 0 Å². The third kappa shape index (κ3) is 1.29. The van der Waals surface area contributed by atoms with Gasteiger partial charge in [0.15, 0.2) is 5.83 Å². The minimum atomic E-state index is -3.26. The van der Waals surface area contributed by atoms with Crippen LogP contribution in [0.25, 0.3) is 0 Å². The van der Waals surface area contributed by atoms with E-state index in [9.17, 15) is 17.6 Å². The molecule has 1 rings (SSSR count). The number of alkyl halides is 2. The number of allylic oxidation sites excluding steroid dienone is 4. The predicted octanol–water partition coefficient (Wildman–Crippen LogP) is 2.98. The first kappa shape index (κ1) is 8.30. The molecule has 0 aliphatic heterocycles. The summed E-state index contributed by atoms with van der Waals surface area (Å²) in [4.78, 5) is 0. The van der Waals surface area contributed by atoms with Crippen molar-refractivity contribution in [2.45, 2.75) is 12.8 Å². The van der Waals surface area contributed by atoms with Crippen LogP contribution < -0.4 is 0 Å². The van der Waals surface area contributed by atoms with Crippen molar-refractivity contribution in [1.29, 1.82) is 0 Å². The number of halogens is 4. The Labute approximate surface area is 61.2 Å². The summed E-state index contributed by atoms with van der Waals surface area (Å²) in [6.07, 6.45) is 0.825. The van der Waals surface area contributed by atoms with Crippen LogP contribution in [0.2, 0.25) is 0 Å². The molecule has 0 aromatic rings. The highest BCUT2D eigenvalue weighted by Gasteiger charge is 2.40. The highest BCUT2D eigenvalue weighted by Crippen LogP contribution is 2.37. The lowest BCUT2D eigenvalue weighted by atomic mass is 9.97. The van der Waals surface area contributed by atoms with Crippen molar-refractivity contribution in [1.82, 2.24) is 0 Å². The maximum absolute atomic E-state index is 12.5. The van der Waals surface area contributed by atoms with Gasteiger partial charge in [-0.15, -0.1) is 0 Å². The summed E-state index contributed by atoms with van der Waals surface area (Å²) in [5.74, 6) is -7.53. The lowest BCUT2D eigenvalue weighted by Crippen LogP contribution is -2.26. The van der Waals surface area contributed by atoms with Crippen LogP contribution >= 0.6 is 0 Å². The first-order chi connectivity index (χ1) is 4.95. The number of rotatable bonds is 0. The second kappa shape index (κ2) is 2.36. The van der Waals surface area contributed by atoms with Gasteiger partial charge >= 0.3 is 0 Å². The van der Waals surface area contributed by atoms with Gasteiger partial charge in [0.25, 0.3) is 5.92 Å². The van der Waals surface area contributed by atoms with Gasteiger partial charge in [-0.1, -0.05) is 0 Å². The van der Waals surface area contributed by atoms with Gasteiger partial charge in [-0.05, 0) is 19.1 Å². The lowest BCUT2D eigenvalue weighted by Gasteiger charge is -2.21. The average Bonchev–Trinajstić information content (AvgIpc) is 1.95. The van der Waals surface area contributed by atoms with Crippen LogP contribution in [0, 0.1) is 5.92 Å². The average molecular weight is 166 g/mol. The van der Waals surface area contributed by atoms with E-state index >= 15 is 0 Å². The van der Waals surface area contributed by atoms with Crippen molar-refractivity contribution in [3.63, 3.8) is 0 Å². The molecule has 0 radical (unpaired) electrons. The van der Waals surface area contributed by atoms with Gasteiger partial charge in [0.05, 0.1) is 5.92 Å². The summed E-state index contributed by atoms with van der Waals surface area (Å²) in [5.41, 5.74) is 0. The molecule has 0 aromatic heterocycles. The van der Waals surface area contributed by atoms with Gasteiger partial charge < -0.3 is 0 Å². The Bertz CT molecular complexity index is 227. The lowest BCUT2D eigenvalue weighted by molar-refractivity contribution is 0.00126. The Morgan fingerprint density at radius 3 is 2.36 bits per heavy atom. The molecule has 1 atom stereocenters. The van der Waals surface area contributed by atoms with E-state index in [-0.39, 0.29) is 0 Å². The Morgan fingerprint density at radius 1 is 1.36 bits per heavy atom. The number of hydrogen-bond donors (Lipinski definition) is 0. The van der Waals surface area contributed by atoms with E-state index in [1.165, 1.54) is 0 Å². The molecule has 0 amide bonds. The van der Waals surface area contributed by atoms with Crippen molar-refractivity contribution in [3.8, 4) is 0 Å². The van der Waals surface area contributed by atoms with Crippen molar-refractivity contribution < 1.29 is 17.6 Å². The molecule has 0 aromatic carbocycles. The number of hydrogen-bond acceptors (Lipinski definition) is 0. The first-order valence-electron chi connectivity index (χ1n) is 3.07. The normalized spacial score (nSPS) is 29.4. The van der Waals surface area contributed by atoms with Crippen LogP contribution in [0.1, 0.15) is 6.92 Å². The van der Waals surface area contributed by atoms with Crippen LogP contribution in [-0.4, -0.2) is 5.92 Å². The third-order valence-electron chi connectivity index (χ3n) is 1.64. The minimum Gasteiger partial charge on any atom is -0.208 e. The monoisotopic (exact) mass is 166 g/mol. The van der Waals surface area contributed by atoms with Gasteiger partial charge in [0.1, 0.15) is 5.83 Å². The van der Waals surface area contributed by atoms with Gasteiger partial charge in [0.2, 0.25) is 0 Å². The van der Waals surface area contributed by atoms with E-state index in [0.29, 0.717) is 12.2 Å². The van der Waals surface area contributed by atoms with Gasteiger partial charge in [0, 0.05) is 0 Å². The van der Waals surface area contributed by atoms with Crippen molar-refractivity contribution in [3.05, 3.63) is 23.8 Å². The second-order valence-electron chi connectivity index (χ2n) is 2.43. The Balaban J connectivity index is 3.01. The molecule has 0 nitrogen and oxygen atoms in total. The Hall–Kier alpha value is -0.800. The summed E-state index contributed by atoms with van der Waals surface area (Å²) in [6.45, 7) is 0.943. The molecule has 0 saturated heterocycles. The largest absolute Gasteiger partial charge is 0.275 e. The van der Waals surface area contributed by atoms with Crippen molar-refractivity contribution in [2.75, 3.05) is 0 Å². The first-order valence-corrected chi connectivity index (χ1v) is 3.07. The molecule has 0 heterocycles. The fraction of sp³-hybridized carbons (Fsp3) is 0.429. The molecule has 11 heavy (non-hydrogen) atoms. The summed E-state index contributed by atoms with van der Waals surface area (Å²) in [5, 5.41) is 0. The third-order valence-corrected chi connectivity index (χ3v) is 1.64. The van der Waals surface area contributed by atoms with Gasteiger partial charge in [-0.3, -0.25) is 0 Å². The molecular formula is C7H6F4. The van der Waals surface area contributed by atoms with Crippen LogP contribution in [0.4, 0.5) is 17.6 Å². The van der Waals surface area contributed by atoms with E-state index in [2.05, 4.69) is 0 Å². The molecule has 0 fully saturated rings. The van der Waals surface area contributed by atoms with Crippen molar-refractivity contribution >= 4 is 0 Å². The molecule has 1 aliphatic carbocycles. The highest BCUT2D eigenvalue weighted by atomic mass is 19.3. The molecule has 0 bridgehead atoms. The zero-order valence-corrected chi connectivity index (χ0v) is 5.74. The fourth-order valence-corrected chi connectivity index (χ4v) is 0.784. The van der Waals surface area contributed by atoms with E-state index in [4.69, 9.17) is 0 Å². The van der Waals surface area contributed by atoms with Gasteiger partial charge in [-0.2, -0.15) is 0 Å². The van der Waals surface area contributed by atoms with Crippen LogP contribution in [0.3, 0.4) is 0 Å². The van der Waals surface area contributed by atoms with E-state index in [0.717, 1.165) is 6.92 Å². The zero-order valence-electron chi connectivity index (χ0n) is 5.74. The van der Waals surface area contributed by atoms with E-state index in [1.54, 1.807) is 0 Å². The molecule has 62 valence electrons. The molecule has 4 heteroatoms. The zero-order chi connectivity index (χ0) is 8.65. The quantitative estimate of drug-likeness (QED) is 0.485. The summed E-state index contributed by atoms with van der Waals surface area (Å²) in [6, 6.07) is 0.